The maximum Gasteiger partial charge on any atom is 0.271 e. The van der Waals surface area contributed by atoms with Gasteiger partial charge in [-0.25, -0.2) is 4.98 Å². The van der Waals surface area contributed by atoms with Gasteiger partial charge in [0.25, 0.3) is 5.91 Å². The summed E-state index contributed by atoms with van der Waals surface area (Å²) < 4.78 is 27.1. The lowest BCUT2D eigenvalue weighted by Crippen LogP contribution is -2.24. The molecule has 0 spiro atoms. The summed E-state index contributed by atoms with van der Waals surface area (Å²) >= 11 is 1.48. The fraction of sp³-hybridized carbons (Fsp3) is 0.241. The number of carbonyl (C=O) groups excluding carboxylic acids is 1. The molecule has 1 N–H and O–H groups in total. The third-order valence-electron chi connectivity index (χ3n) is 6.44. The van der Waals surface area contributed by atoms with Crippen LogP contribution in [0.15, 0.2) is 66.0 Å². The molecule has 2 aliphatic heterocycles. The zero-order chi connectivity index (χ0) is 26.6. The van der Waals surface area contributed by atoms with Crippen LogP contribution in [0.1, 0.15) is 32.2 Å². The Hall–Kier alpha value is -4.28. The number of methoxy groups -OCH3 is 1. The van der Waals surface area contributed by atoms with Gasteiger partial charge in [0.15, 0.2) is 23.0 Å². The van der Waals surface area contributed by atoms with E-state index >= 15 is 0 Å². The summed E-state index contributed by atoms with van der Waals surface area (Å²) in [5, 5.41) is 5.61. The smallest absolute Gasteiger partial charge is 0.271 e. The van der Waals surface area contributed by atoms with Crippen LogP contribution in [-0.4, -0.2) is 36.5 Å². The molecule has 0 fully saturated rings. The number of hydrogen-bond acceptors (Lipinski definition) is 9. The number of carbonyl (C=O) groups is 1. The third kappa shape index (κ3) is 5.92. The molecule has 0 bridgehead atoms. The summed E-state index contributed by atoms with van der Waals surface area (Å²) in [5.41, 5.74) is 3.58. The van der Waals surface area contributed by atoms with Crippen LogP contribution < -0.4 is 29.0 Å². The van der Waals surface area contributed by atoms with E-state index in [0.717, 1.165) is 38.9 Å². The normalized spacial score (nSPS) is 13.1. The molecule has 0 aliphatic carbocycles. The van der Waals surface area contributed by atoms with E-state index in [2.05, 4.69) is 27.3 Å². The van der Waals surface area contributed by atoms with Crippen LogP contribution in [-0.2, 0) is 26.2 Å². The van der Waals surface area contributed by atoms with Gasteiger partial charge in [0.2, 0.25) is 13.6 Å². The second-order valence-electron chi connectivity index (χ2n) is 9.18. The fourth-order valence-electron chi connectivity index (χ4n) is 4.46. The van der Waals surface area contributed by atoms with Crippen molar-refractivity contribution in [2.24, 2.45) is 0 Å². The molecule has 1 amide bonds. The number of benzene rings is 3. The Morgan fingerprint density at radius 3 is 2.18 bits per heavy atom. The first kappa shape index (κ1) is 25.0. The highest BCUT2D eigenvalue weighted by Crippen LogP contribution is 2.34. The number of nitrogens with zero attached hydrogens (tertiary/aromatic N) is 2. The highest BCUT2D eigenvalue weighted by Gasteiger charge is 2.18. The molecule has 0 saturated carbocycles. The van der Waals surface area contributed by atoms with E-state index in [1.165, 1.54) is 11.3 Å². The molecule has 4 aromatic rings. The van der Waals surface area contributed by atoms with Gasteiger partial charge in [-0.1, -0.05) is 24.3 Å². The maximum atomic E-state index is 12.8. The summed E-state index contributed by atoms with van der Waals surface area (Å²) in [4.78, 5) is 19.8. The van der Waals surface area contributed by atoms with E-state index in [1.54, 1.807) is 12.5 Å². The third-order valence-corrected chi connectivity index (χ3v) is 7.28. The van der Waals surface area contributed by atoms with Crippen molar-refractivity contribution in [2.75, 3.05) is 20.7 Å². The summed E-state index contributed by atoms with van der Waals surface area (Å²) in [6, 6.07) is 19.7. The van der Waals surface area contributed by atoms with Crippen molar-refractivity contribution < 1.29 is 28.5 Å². The fourth-order valence-corrected chi connectivity index (χ4v) is 5.27. The lowest BCUT2D eigenvalue weighted by atomic mass is 10.1. The van der Waals surface area contributed by atoms with Gasteiger partial charge in [-0.2, -0.15) is 0 Å². The topological polar surface area (TPSA) is 91.4 Å². The minimum atomic E-state index is -0.215. The number of amides is 1. The highest BCUT2D eigenvalue weighted by atomic mass is 32.1. The van der Waals surface area contributed by atoms with Gasteiger partial charge in [0.1, 0.15) is 16.5 Å². The minimum Gasteiger partial charge on any atom is -0.497 e. The van der Waals surface area contributed by atoms with Crippen molar-refractivity contribution >= 4 is 17.2 Å². The molecule has 200 valence electrons. The van der Waals surface area contributed by atoms with Crippen molar-refractivity contribution in [3.05, 3.63) is 93.4 Å². The Morgan fingerprint density at radius 1 is 0.846 bits per heavy atom. The molecule has 39 heavy (non-hydrogen) atoms. The minimum absolute atomic E-state index is 0.215. The number of thiazole rings is 1. The molecule has 0 unspecified atom stereocenters. The zero-order valence-corrected chi connectivity index (χ0v) is 22.2. The Morgan fingerprint density at radius 2 is 1.46 bits per heavy atom. The molecular weight excluding hydrogens is 518 g/mol. The highest BCUT2D eigenvalue weighted by molar-refractivity contribution is 7.09. The second kappa shape index (κ2) is 11.2. The van der Waals surface area contributed by atoms with E-state index in [4.69, 9.17) is 23.7 Å². The van der Waals surface area contributed by atoms with Crippen LogP contribution in [0.5, 0.6) is 28.7 Å². The lowest BCUT2D eigenvalue weighted by Gasteiger charge is -2.22. The molecule has 0 saturated heterocycles. The van der Waals surface area contributed by atoms with Crippen molar-refractivity contribution in [2.45, 2.75) is 26.2 Å². The molecule has 10 heteroatoms. The zero-order valence-electron chi connectivity index (χ0n) is 21.3. The van der Waals surface area contributed by atoms with Crippen LogP contribution in [0.4, 0.5) is 0 Å². The molecule has 2 aliphatic rings. The predicted molar refractivity (Wildman–Crippen MR) is 144 cm³/mol. The SMILES string of the molecule is COc1ccc(CN(Cc2ccc3c(c2)OCO3)Cc2nc(C(=O)NCc3ccc4c(c3)OCO4)cs2)cc1. The van der Waals surface area contributed by atoms with E-state index in [1.807, 2.05) is 48.5 Å². The van der Waals surface area contributed by atoms with E-state index in [0.29, 0.717) is 43.4 Å². The second-order valence-corrected chi connectivity index (χ2v) is 10.1. The standard InChI is InChI=1S/C29H27N3O6S/c1-34-22-6-2-19(3-7-22)13-32(14-21-5-9-25-27(11-21)38-18-36-25)15-28-31-23(16-39-28)29(33)30-12-20-4-8-24-26(10-20)37-17-35-24/h2-11,16H,12-15,17-18H2,1H3,(H,30,33). The van der Waals surface area contributed by atoms with Crippen LogP contribution in [0.25, 0.3) is 0 Å². The summed E-state index contributed by atoms with van der Waals surface area (Å²) in [7, 11) is 1.66. The first-order chi connectivity index (χ1) is 19.1. The van der Waals surface area contributed by atoms with Crippen molar-refractivity contribution in [1.29, 1.82) is 0 Å². The van der Waals surface area contributed by atoms with Gasteiger partial charge in [-0.3, -0.25) is 9.69 Å². The van der Waals surface area contributed by atoms with Crippen molar-refractivity contribution in [3.63, 3.8) is 0 Å². The van der Waals surface area contributed by atoms with Crippen molar-refractivity contribution in [3.8, 4) is 28.7 Å². The maximum absolute atomic E-state index is 12.8. The molecular formula is C29H27N3O6S. The molecule has 6 rings (SSSR count). The van der Waals surface area contributed by atoms with E-state index in [-0.39, 0.29) is 19.5 Å². The Bertz CT molecular complexity index is 1470. The number of rotatable bonds is 10. The Labute approximate surface area is 229 Å². The van der Waals surface area contributed by atoms with E-state index in [9.17, 15) is 4.79 Å². The average molecular weight is 546 g/mol. The largest absolute Gasteiger partial charge is 0.497 e. The van der Waals surface area contributed by atoms with E-state index < -0.39 is 0 Å². The van der Waals surface area contributed by atoms with Crippen LogP contribution in [0.3, 0.4) is 0 Å². The van der Waals surface area contributed by atoms with Gasteiger partial charge < -0.3 is 29.0 Å². The van der Waals surface area contributed by atoms with Crippen molar-refractivity contribution in [1.82, 2.24) is 15.2 Å². The molecule has 1 aromatic heterocycles. The van der Waals surface area contributed by atoms with Gasteiger partial charge in [-0.05, 0) is 53.1 Å². The number of aromatic nitrogens is 1. The van der Waals surface area contributed by atoms with Crippen LogP contribution in [0, 0.1) is 0 Å². The van der Waals surface area contributed by atoms with Gasteiger partial charge in [-0.15, -0.1) is 11.3 Å². The van der Waals surface area contributed by atoms with Crippen LogP contribution >= 0.6 is 11.3 Å². The van der Waals surface area contributed by atoms with Gasteiger partial charge in [0, 0.05) is 25.0 Å². The number of nitrogens with one attached hydrogen (secondary N) is 1. The predicted octanol–water partition coefficient (Wildman–Crippen LogP) is 4.74. The summed E-state index contributed by atoms with van der Waals surface area (Å²) in [6.07, 6.45) is 0. The molecule has 3 heterocycles. The molecule has 3 aromatic carbocycles. The average Bonchev–Trinajstić information content (AvgIpc) is 3.72. The Kier molecular flexibility index (Phi) is 7.20. The van der Waals surface area contributed by atoms with Gasteiger partial charge >= 0.3 is 0 Å². The molecule has 9 nitrogen and oxygen atoms in total. The lowest BCUT2D eigenvalue weighted by molar-refractivity contribution is 0.0946. The number of ether oxygens (including phenoxy) is 5. The molecule has 0 radical (unpaired) electrons. The number of fused-ring (bicyclic) bond motifs is 2. The van der Waals surface area contributed by atoms with Gasteiger partial charge in [0.05, 0.1) is 13.7 Å². The molecule has 0 atom stereocenters. The van der Waals surface area contributed by atoms with Crippen LogP contribution in [0.2, 0.25) is 0 Å². The Balaban J connectivity index is 1.13. The first-order valence-electron chi connectivity index (χ1n) is 12.5. The monoisotopic (exact) mass is 545 g/mol. The summed E-state index contributed by atoms with van der Waals surface area (Å²) in [5.74, 6) is 3.53. The number of hydrogen-bond donors (Lipinski definition) is 1. The summed E-state index contributed by atoms with van der Waals surface area (Å²) in [6.45, 7) is 2.79. The first-order valence-corrected chi connectivity index (χ1v) is 13.4. The quantitative estimate of drug-likeness (QED) is 0.306.